The van der Waals surface area contributed by atoms with Gasteiger partial charge in [-0.2, -0.15) is 0 Å². The Morgan fingerprint density at radius 2 is 1.91 bits per heavy atom. The van der Waals surface area contributed by atoms with Gasteiger partial charge in [-0.3, -0.25) is 4.79 Å². The van der Waals surface area contributed by atoms with Gasteiger partial charge in [0.25, 0.3) is 5.91 Å². The zero-order chi connectivity index (χ0) is 29.8. The number of carbonyl (C=O) groups excluding carboxylic acids is 2. The maximum Gasteiger partial charge on any atom is 0.318 e. The number of hydrogen-bond acceptors (Lipinski definition) is 9. The maximum absolute atomic E-state index is 12.9. The van der Waals surface area contributed by atoms with E-state index in [1.165, 1.54) is 5.56 Å². The molecule has 1 aliphatic carbocycles. The fourth-order valence-electron chi connectivity index (χ4n) is 6.25. The van der Waals surface area contributed by atoms with E-state index in [2.05, 4.69) is 54.6 Å². The number of carbonyl (C=O) groups is 2. The van der Waals surface area contributed by atoms with E-state index in [1.54, 1.807) is 27.4 Å². The Morgan fingerprint density at radius 3 is 2.60 bits per heavy atom. The summed E-state index contributed by atoms with van der Waals surface area (Å²) in [5.41, 5.74) is 3.05. The zero-order valence-corrected chi connectivity index (χ0v) is 24.2. The largest absolute Gasteiger partial charge is 0.491 e. The Bertz CT molecular complexity index is 1670. The number of piperidine rings is 1. The van der Waals surface area contributed by atoms with Crippen molar-refractivity contribution in [1.82, 2.24) is 40.0 Å². The second kappa shape index (κ2) is 10.3. The molecule has 13 heteroatoms. The minimum absolute atomic E-state index is 0.0545. The number of ether oxygens (including phenoxy) is 1. The molecule has 224 valence electrons. The van der Waals surface area contributed by atoms with Crippen LogP contribution in [-0.4, -0.2) is 90.1 Å². The molecule has 3 amide bonds. The van der Waals surface area contributed by atoms with Crippen LogP contribution < -0.4 is 10.1 Å². The first kappa shape index (κ1) is 27.3. The second-order valence-electron chi connectivity index (χ2n) is 12.1. The molecule has 4 aromatic rings. The van der Waals surface area contributed by atoms with E-state index >= 15 is 0 Å². The minimum atomic E-state index is -1.07. The predicted molar refractivity (Wildman–Crippen MR) is 153 cm³/mol. The number of nitrogens with zero attached hydrogens (tertiary/aromatic N) is 7. The molecule has 13 nitrogen and oxygen atoms in total. The molecule has 1 spiro atoms. The molecule has 7 rings (SSSR count). The lowest BCUT2D eigenvalue weighted by Gasteiger charge is -2.38. The monoisotopic (exact) mass is 586 g/mol. The Kier molecular flexibility index (Phi) is 6.56. The van der Waals surface area contributed by atoms with Crippen molar-refractivity contribution in [3.63, 3.8) is 0 Å². The average Bonchev–Trinajstić information content (AvgIpc) is 3.30. The maximum atomic E-state index is 12.9. The predicted octanol–water partition coefficient (Wildman–Crippen LogP) is 2.57. The summed E-state index contributed by atoms with van der Waals surface area (Å²) in [5, 5.41) is 26.1. The van der Waals surface area contributed by atoms with Gasteiger partial charge in [0, 0.05) is 25.0 Å². The SMILES string of the molecule is Cc1nonc1C(=O)N1CCC2(CC1)CN(CC(O)c1nc3c(C)cc(OCC4(c5ccccc5)CC4)cn3n1)C(=O)N2. The van der Waals surface area contributed by atoms with Gasteiger partial charge in [0.15, 0.2) is 17.2 Å². The van der Waals surface area contributed by atoms with Crippen LogP contribution in [0.15, 0.2) is 47.2 Å². The number of nitrogens with one attached hydrogen (secondary N) is 1. The number of aromatic nitrogens is 5. The first-order valence-electron chi connectivity index (χ1n) is 14.6. The number of hydrogen-bond donors (Lipinski definition) is 2. The molecule has 2 N–H and O–H groups in total. The number of likely N-dealkylation sites (tertiary alicyclic amines) is 1. The van der Waals surface area contributed by atoms with Crippen molar-refractivity contribution >= 4 is 17.6 Å². The van der Waals surface area contributed by atoms with Crippen molar-refractivity contribution < 1.29 is 24.1 Å². The van der Waals surface area contributed by atoms with Gasteiger partial charge < -0.3 is 25.0 Å². The topological polar surface area (TPSA) is 151 Å². The number of rotatable bonds is 8. The van der Waals surface area contributed by atoms with E-state index < -0.39 is 11.6 Å². The van der Waals surface area contributed by atoms with Crippen LogP contribution in [-0.2, 0) is 5.41 Å². The highest BCUT2D eigenvalue weighted by molar-refractivity contribution is 5.93. The number of amides is 3. The molecule has 0 bridgehead atoms. The van der Waals surface area contributed by atoms with Gasteiger partial charge in [0.1, 0.15) is 17.5 Å². The molecule has 0 radical (unpaired) electrons. The molecular formula is C30H34N8O5. The summed E-state index contributed by atoms with van der Waals surface area (Å²) < 4.78 is 12.5. The quantitative estimate of drug-likeness (QED) is 0.317. The number of β-amino-alcohol motifs (C(OH)–C–C–N with tert-alkyl or cyclic N) is 1. The van der Waals surface area contributed by atoms with E-state index in [0.717, 1.165) is 18.4 Å². The normalized spacial score (nSPS) is 19.6. The minimum Gasteiger partial charge on any atom is -0.491 e. The van der Waals surface area contributed by atoms with Crippen molar-refractivity contribution in [3.8, 4) is 5.75 Å². The molecule has 43 heavy (non-hydrogen) atoms. The van der Waals surface area contributed by atoms with Crippen LogP contribution >= 0.6 is 0 Å². The third kappa shape index (κ3) is 5.07. The molecule has 1 unspecified atom stereocenters. The van der Waals surface area contributed by atoms with Crippen molar-refractivity contribution in [1.29, 1.82) is 0 Å². The third-order valence-corrected chi connectivity index (χ3v) is 9.07. The summed E-state index contributed by atoms with van der Waals surface area (Å²) >= 11 is 0. The lowest BCUT2D eigenvalue weighted by molar-refractivity contribution is 0.0641. The molecule has 3 aliphatic rings. The van der Waals surface area contributed by atoms with Crippen molar-refractivity contribution in [2.75, 3.05) is 32.8 Å². The van der Waals surface area contributed by atoms with Crippen molar-refractivity contribution in [2.45, 2.75) is 56.6 Å². The first-order chi connectivity index (χ1) is 20.7. The van der Waals surface area contributed by atoms with Crippen molar-refractivity contribution in [3.05, 3.63) is 70.9 Å². The van der Waals surface area contributed by atoms with E-state index in [9.17, 15) is 14.7 Å². The molecule has 3 fully saturated rings. The Balaban J connectivity index is 0.983. The van der Waals surface area contributed by atoms with Gasteiger partial charge in [-0.05, 0) is 61.9 Å². The summed E-state index contributed by atoms with van der Waals surface area (Å²) in [5.74, 6) is 0.711. The van der Waals surface area contributed by atoms with Gasteiger partial charge in [-0.1, -0.05) is 35.5 Å². The Labute approximate surface area is 247 Å². The van der Waals surface area contributed by atoms with Crippen LogP contribution in [0.2, 0.25) is 0 Å². The molecular weight excluding hydrogens is 552 g/mol. The van der Waals surface area contributed by atoms with Crippen LogP contribution in [0.4, 0.5) is 4.79 Å². The van der Waals surface area contributed by atoms with Gasteiger partial charge in [0.2, 0.25) is 0 Å². The number of aryl methyl sites for hydroxylation is 2. The van der Waals surface area contributed by atoms with Crippen molar-refractivity contribution in [2.24, 2.45) is 0 Å². The van der Waals surface area contributed by atoms with Crippen LogP contribution in [0.1, 0.15) is 64.9 Å². The molecule has 1 saturated carbocycles. The molecule has 2 aliphatic heterocycles. The molecule has 1 aromatic carbocycles. The Hall–Kier alpha value is -4.52. The fourth-order valence-corrected chi connectivity index (χ4v) is 6.25. The number of pyridine rings is 1. The number of benzene rings is 1. The highest BCUT2D eigenvalue weighted by Gasteiger charge is 2.46. The standard InChI is InChI=1S/C30H34N8O5/c1-19-14-22(42-18-29(8-9-29)21-6-4-3-5-7-21)15-38-26(19)31-25(33-38)23(39)16-37-17-30(32-28(37)41)10-12-36(13-11-30)27(40)24-20(2)34-43-35-24/h3-7,14-15,23,39H,8-13,16-18H2,1-2H3,(H,32,41). The van der Waals surface area contributed by atoms with Crippen LogP contribution in [0.3, 0.4) is 0 Å². The summed E-state index contributed by atoms with van der Waals surface area (Å²) in [6, 6.07) is 12.1. The Morgan fingerprint density at radius 1 is 1.14 bits per heavy atom. The highest BCUT2D eigenvalue weighted by atomic mass is 16.6. The zero-order valence-electron chi connectivity index (χ0n) is 24.2. The molecule has 2 saturated heterocycles. The van der Waals surface area contributed by atoms with E-state index in [0.29, 0.717) is 56.2 Å². The van der Waals surface area contributed by atoms with Gasteiger partial charge in [-0.15, -0.1) is 5.10 Å². The van der Waals surface area contributed by atoms with Crippen LogP contribution in [0, 0.1) is 13.8 Å². The number of urea groups is 1. The fraction of sp³-hybridized carbons (Fsp3) is 0.467. The van der Waals surface area contributed by atoms with Gasteiger partial charge in [-0.25, -0.2) is 18.9 Å². The second-order valence-corrected chi connectivity index (χ2v) is 12.1. The summed E-state index contributed by atoms with van der Waals surface area (Å²) in [6.45, 7) is 5.60. The lowest BCUT2D eigenvalue weighted by Crippen LogP contribution is -2.53. The summed E-state index contributed by atoms with van der Waals surface area (Å²) in [4.78, 5) is 33.6. The smallest absolute Gasteiger partial charge is 0.318 e. The van der Waals surface area contributed by atoms with E-state index in [1.807, 2.05) is 19.1 Å². The van der Waals surface area contributed by atoms with Gasteiger partial charge >= 0.3 is 6.03 Å². The number of fused-ring (bicyclic) bond motifs is 1. The lowest BCUT2D eigenvalue weighted by atomic mass is 9.88. The third-order valence-electron chi connectivity index (χ3n) is 9.07. The van der Waals surface area contributed by atoms with E-state index in [4.69, 9.17) is 4.74 Å². The molecule has 3 aromatic heterocycles. The number of aliphatic hydroxyl groups excluding tert-OH is 1. The first-order valence-corrected chi connectivity index (χ1v) is 14.6. The van der Waals surface area contributed by atoms with Crippen LogP contribution in [0.5, 0.6) is 5.75 Å². The molecule has 5 heterocycles. The highest BCUT2D eigenvalue weighted by Crippen LogP contribution is 2.48. The molecule has 1 atom stereocenters. The van der Waals surface area contributed by atoms with E-state index in [-0.39, 0.29) is 35.4 Å². The summed E-state index contributed by atoms with van der Waals surface area (Å²) in [7, 11) is 0. The van der Waals surface area contributed by atoms with Gasteiger partial charge in [0.05, 0.1) is 24.9 Å². The van der Waals surface area contributed by atoms with Crippen LogP contribution in [0.25, 0.3) is 5.65 Å². The summed E-state index contributed by atoms with van der Waals surface area (Å²) in [6.07, 6.45) is 4.08. The number of aliphatic hydroxyl groups is 1. The average molecular weight is 587 g/mol.